The standard InChI is InChI=1S/C13H13N4O.CHF3O3S/c1-17-7-3-4-10(9-17)12-8-11(18-2)5-6-13(12)15-16-14;2-1(3,4)8(5,6)7/h3-9H,1-2H3;(H,5,6,7)/q+1;/p-1. The molecule has 0 spiro atoms. The van der Waals surface area contributed by atoms with Crippen molar-refractivity contribution < 1.29 is 35.4 Å². The van der Waals surface area contributed by atoms with Crippen molar-refractivity contribution in [2.24, 2.45) is 12.2 Å². The number of methoxy groups -OCH3 is 1. The monoisotopic (exact) mass is 390 g/mol. The van der Waals surface area contributed by atoms with Gasteiger partial charge in [0.1, 0.15) is 12.8 Å². The number of rotatable bonds is 3. The van der Waals surface area contributed by atoms with E-state index in [0.717, 1.165) is 16.9 Å². The normalized spacial score (nSPS) is 11.0. The predicted molar refractivity (Wildman–Crippen MR) is 84.2 cm³/mol. The number of hydrogen-bond donors (Lipinski definition) is 0. The fourth-order valence-corrected chi connectivity index (χ4v) is 1.76. The number of aromatic nitrogens is 1. The molecule has 0 saturated carbocycles. The van der Waals surface area contributed by atoms with Crippen molar-refractivity contribution >= 4 is 15.8 Å². The van der Waals surface area contributed by atoms with Crippen LogP contribution >= 0.6 is 0 Å². The smallest absolute Gasteiger partial charge is 0.485 e. The summed E-state index contributed by atoms with van der Waals surface area (Å²) in [6.07, 6.45) is 3.90. The molecule has 12 heteroatoms. The molecule has 1 heterocycles. The average Bonchev–Trinajstić information content (AvgIpc) is 2.54. The van der Waals surface area contributed by atoms with Crippen molar-refractivity contribution in [3.05, 3.63) is 53.2 Å². The van der Waals surface area contributed by atoms with Crippen LogP contribution in [0.2, 0.25) is 0 Å². The molecule has 0 atom stereocenters. The Morgan fingerprint density at radius 2 is 1.92 bits per heavy atom. The lowest BCUT2D eigenvalue weighted by atomic mass is 10.1. The Morgan fingerprint density at radius 3 is 2.38 bits per heavy atom. The molecular weight excluding hydrogens is 377 g/mol. The molecule has 0 fully saturated rings. The third-order valence-corrected chi connectivity index (χ3v) is 3.46. The molecule has 0 aliphatic rings. The minimum Gasteiger partial charge on any atom is -0.741 e. The molecule has 0 radical (unpaired) electrons. The van der Waals surface area contributed by atoms with Crippen LogP contribution in [-0.2, 0) is 17.2 Å². The van der Waals surface area contributed by atoms with E-state index >= 15 is 0 Å². The zero-order valence-corrected chi connectivity index (χ0v) is 14.3. The predicted octanol–water partition coefficient (Wildman–Crippen LogP) is 3.18. The lowest BCUT2D eigenvalue weighted by Gasteiger charge is -2.08. The van der Waals surface area contributed by atoms with Gasteiger partial charge in [-0.05, 0) is 29.8 Å². The van der Waals surface area contributed by atoms with Crippen LogP contribution < -0.4 is 9.30 Å². The van der Waals surface area contributed by atoms with E-state index in [9.17, 15) is 13.2 Å². The van der Waals surface area contributed by atoms with Gasteiger partial charge in [0.2, 0.25) is 0 Å². The molecule has 140 valence electrons. The molecule has 2 aromatic rings. The molecule has 0 saturated heterocycles. The van der Waals surface area contributed by atoms with E-state index in [-0.39, 0.29) is 0 Å². The second-order valence-corrected chi connectivity index (χ2v) is 6.10. The number of hydrogen-bond acceptors (Lipinski definition) is 5. The van der Waals surface area contributed by atoms with Crippen molar-refractivity contribution in [2.75, 3.05) is 7.11 Å². The first-order chi connectivity index (χ1) is 12.0. The summed E-state index contributed by atoms with van der Waals surface area (Å²) in [6.45, 7) is 0. The minimum atomic E-state index is -6.09. The zero-order chi connectivity index (χ0) is 20.0. The van der Waals surface area contributed by atoms with Crippen LogP contribution in [0.3, 0.4) is 0 Å². The highest BCUT2D eigenvalue weighted by Crippen LogP contribution is 2.33. The maximum Gasteiger partial charge on any atom is 0.485 e. The SMILES string of the molecule is COc1ccc(N=[N+]=[N-])c(-c2ccc[n+](C)c2)c1.O=S(=O)([O-])C(F)(F)F. The minimum absolute atomic E-state index is 0.588. The molecule has 0 amide bonds. The number of nitrogens with zero attached hydrogens (tertiary/aromatic N) is 4. The van der Waals surface area contributed by atoms with Crippen molar-refractivity contribution in [3.8, 4) is 16.9 Å². The lowest BCUT2D eigenvalue weighted by molar-refractivity contribution is -0.671. The molecule has 8 nitrogen and oxygen atoms in total. The number of pyridine rings is 1. The third-order valence-electron chi connectivity index (χ3n) is 2.89. The van der Waals surface area contributed by atoms with Gasteiger partial charge in [-0.2, -0.15) is 13.2 Å². The highest BCUT2D eigenvalue weighted by molar-refractivity contribution is 7.86. The highest BCUT2D eigenvalue weighted by atomic mass is 32.2. The van der Waals surface area contributed by atoms with Gasteiger partial charge in [0.05, 0.1) is 7.11 Å². The summed E-state index contributed by atoms with van der Waals surface area (Å²) in [6, 6.07) is 9.29. The largest absolute Gasteiger partial charge is 0.741 e. The van der Waals surface area contributed by atoms with Crippen LogP contribution in [0.25, 0.3) is 21.6 Å². The van der Waals surface area contributed by atoms with E-state index < -0.39 is 15.6 Å². The van der Waals surface area contributed by atoms with Gasteiger partial charge in [-0.15, -0.1) is 0 Å². The van der Waals surface area contributed by atoms with Gasteiger partial charge >= 0.3 is 5.51 Å². The first kappa shape index (κ1) is 21.2. The number of ether oxygens (including phenoxy) is 1. The summed E-state index contributed by atoms with van der Waals surface area (Å²) < 4.78 is 66.0. The Hall–Kier alpha value is -2.82. The molecule has 0 aliphatic heterocycles. The summed E-state index contributed by atoms with van der Waals surface area (Å²) in [5, 5.41) is 3.70. The molecular formula is C14H13F3N4O4S. The first-order valence-corrected chi connectivity index (χ1v) is 8.11. The second kappa shape index (κ2) is 8.52. The van der Waals surface area contributed by atoms with Gasteiger partial charge in [-0.1, -0.05) is 5.11 Å². The van der Waals surface area contributed by atoms with E-state index in [2.05, 4.69) is 10.0 Å². The average molecular weight is 390 g/mol. The molecule has 0 aliphatic carbocycles. The van der Waals surface area contributed by atoms with E-state index in [1.54, 1.807) is 19.2 Å². The van der Waals surface area contributed by atoms with Crippen LogP contribution in [0.15, 0.2) is 47.8 Å². The quantitative estimate of drug-likeness (QED) is 0.200. The van der Waals surface area contributed by atoms with Crippen LogP contribution in [-0.4, -0.2) is 25.6 Å². The fourth-order valence-electron chi connectivity index (χ4n) is 1.76. The maximum absolute atomic E-state index is 10.7. The molecule has 0 bridgehead atoms. The number of alkyl halides is 3. The number of halogens is 3. The van der Waals surface area contributed by atoms with Crippen molar-refractivity contribution in [1.29, 1.82) is 0 Å². The Labute approximate surface area is 146 Å². The molecule has 1 aromatic carbocycles. The summed E-state index contributed by atoms with van der Waals surface area (Å²) in [4.78, 5) is 2.85. The Bertz CT molecular complexity index is 926. The van der Waals surface area contributed by atoms with Gasteiger partial charge in [0.25, 0.3) is 0 Å². The summed E-state index contributed by atoms with van der Waals surface area (Å²) in [5.74, 6) is 0.730. The molecule has 26 heavy (non-hydrogen) atoms. The van der Waals surface area contributed by atoms with Crippen LogP contribution in [0.1, 0.15) is 0 Å². The lowest BCUT2D eigenvalue weighted by Crippen LogP contribution is -2.26. The topological polar surface area (TPSA) is 119 Å². The van der Waals surface area contributed by atoms with Gasteiger partial charge in [-0.3, -0.25) is 0 Å². The number of benzene rings is 1. The third kappa shape index (κ3) is 5.92. The van der Waals surface area contributed by atoms with E-state index in [0.29, 0.717) is 5.69 Å². The highest BCUT2D eigenvalue weighted by Gasteiger charge is 2.36. The molecule has 2 rings (SSSR count). The van der Waals surface area contributed by atoms with Crippen LogP contribution in [0.5, 0.6) is 5.75 Å². The van der Waals surface area contributed by atoms with Gasteiger partial charge in [0.15, 0.2) is 22.5 Å². The van der Waals surface area contributed by atoms with Crippen LogP contribution in [0.4, 0.5) is 18.9 Å². The second-order valence-electron chi connectivity index (χ2n) is 4.73. The summed E-state index contributed by atoms with van der Waals surface area (Å²) in [7, 11) is -2.54. The summed E-state index contributed by atoms with van der Waals surface area (Å²) in [5.41, 5.74) is 5.36. The van der Waals surface area contributed by atoms with Gasteiger partial charge < -0.3 is 9.29 Å². The van der Waals surface area contributed by atoms with Crippen molar-refractivity contribution in [2.45, 2.75) is 5.51 Å². The number of azide groups is 1. The van der Waals surface area contributed by atoms with Gasteiger partial charge in [-0.25, -0.2) is 13.0 Å². The Balaban J connectivity index is 0.000000359. The first-order valence-electron chi connectivity index (χ1n) is 6.70. The molecule has 0 N–H and O–H groups in total. The van der Waals surface area contributed by atoms with E-state index in [1.807, 2.05) is 42.2 Å². The fraction of sp³-hybridized carbons (Fsp3) is 0.214. The molecule has 0 unspecified atom stereocenters. The van der Waals surface area contributed by atoms with E-state index in [4.69, 9.17) is 23.2 Å². The number of aryl methyl sites for hydroxylation is 1. The summed E-state index contributed by atoms with van der Waals surface area (Å²) >= 11 is 0. The van der Waals surface area contributed by atoms with Gasteiger partial charge in [0, 0.05) is 27.8 Å². The molecule has 1 aromatic heterocycles. The Morgan fingerprint density at radius 1 is 1.31 bits per heavy atom. The van der Waals surface area contributed by atoms with Crippen molar-refractivity contribution in [3.63, 3.8) is 0 Å². The zero-order valence-electron chi connectivity index (χ0n) is 13.5. The van der Waals surface area contributed by atoms with Crippen molar-refractivity contribution in [1.82, 2.24) is 0 Å². The Kier molecular flexibility index (Phi) is 6.95. The maximum atomic E-state index is 10.7. The van der Waals surface area contributed by atoms with E-state index in [1.165, 1.54) is 0 Å². The van der Waals surface area contributed by atoms with Crippen LogP contribution in [0, 0.1) is 0 Å².